The lowest BCUT2D eigenvalue weighted by Gasteiger charge is -2.39. The number of amides is 1. The summed E-state index contributed by atoms with van der Waals surface area (Å²) in [5.74, 6) is 0.361. The van der Waals surface area contributed by atoms with E-state index in [2.05, 4.69) is 24.5 Å². The molecule has 6 heteroatoms. The molecule has 2 rings (SSSR count). The minimum absolute atomic E-state index is 0.250. The Bertz CT molecular complexity index is 474. The van der Waals surface area contributed by atoms with Crippen molar-refractivity contribution in [2.24, 2.45) is 5.73 Å². The standard InChI is InChI=1S/C16H22F3N.CH3NO/c1-3-15-10-7-13(11-20(15)4-2)12-5-8-14(9-6-12)16(17,18)19;2-1-3/h5-6,8-9,13,15H,3-4,7,10-11H2,1-2H3;1H,(H2,2,3). The molecule has 3 nitrogen and oxygen atoms in total. The van der Waals surface area contributed by atoms with Crippen molar-refractivity contribution in [2.45, 2.75) is 51.2 Å². The van der Waals surface area contributed by atoms with Gasteiger partial charge in [0.05, 0.1) is 5.56 Å². The van der Waals surface area contributed by atoms with Crippen molar-refractivity contribution in [3.63, 3.8) is 0 Å². The van der Waals surface area contributed by atoms with Crippen LogP contribution < -0.4 is 5.73 Å². The Balaban J connectivity index is 0.000000816. The van der Waals surface area contributed by atoms with Gasteiger partial charge in [-0.25, -0.2) is 0 Å². The van der Waals surface area contributed by atoms with Gasteiger partial charge in [-0.2, -0.15) is 13.2 Å². The predicted octanol–water partition coefficient (Wildman–Crippen LogP) is 3.78. The number of benzene rings is 1. The van der Waals surface area contributed by atoms with Gasteiger partial charge in [0.25, 0.3) is 0 Å². The second kappa shape index (κ2) is 8.91. The van der Waals surface area contributed by atoms with Gasteiger partial charge in [0.1, 0.15) is 0 Å². The summed E-state index contributed by atoms with van der Waals surface area (Å²) in [5.41, 5.74) is 4.64. The first-order valence-electron chi connectivity index (χ1n) is 7.93. The number of likely N-dealkylation sites (tertiary alicyclic amines) is 1. The quantitative estimate of drug-likeness (QED) is 0.857. The van der Waals surface area contributed by atoms with E-state index in [1.165, 1.54) is 12.1 Å². The molecule has 1 aromatic carbocycles. The van der Waals surface area contributed by atoms with Gasteiger partial charge in [-0.3, -0.25) is 4.79 Å². The average molecular weight is 330 g/mol. The van der Waals surface area contributed by atoms with Crippen LogP contribution >= 0.6 is 0 Å². The van der Waals surface area contributed by atoms with Crippen LogP contribution in [0.15, 0.2) is 24.3 Å². The first-order chi connectivity index (χ1) is 10.9. The van der Waals surface area contributed by atoms with Gasteiger partial charge in [-0.05, 0) is 49.4 Å². The fraction of sp³-hybridized carbons (Fsp3) is 0.588. The second-order valence-electron chi connectivity index (χ2n) is 5.68. The Morgan fingerprint density at radius 3 is 2.22 bits per heavy atom. The highest BCUT2D eigenvalue weighted by Gasteiger charge is 2.31. The van der Waals surface area contributed by atoms with Crippen LogP contribution in [0, 0.1) is 0 Å². The SMILES string of the molecule is CCC1CCC(c2ccc(C(F)(F)F)cc2)CN1CC.NC=O. The van der Waals surface area contributed by atoms with Gasteiger partial charge in [0.15, 0.2) is 0 Å². The van der Waals surface area contributed by atoms with Crippen LogP contribution in [0.3, 0.4) is 0 Å². The van der Waals surface area contributed by atoms with E-state index in [-0.39, 0.29) is 6.41 Å². The average Bonchev–Trinajstić information content (AvgIpc) is 2.54. The Labute approximate surface area is 135 Å². The molecule has 0 bridgehead atoms. The number of hydrogen-bond donors (Lipinski definition) is 1. The first-order valence-corrected chi connectivity index (χ1v) is 7.93. The Morgan fingerprint density at radius 2 is 1.78 bits per heavy atom. The second-order valence-corrected chi connectivity index (χ2v) is 5.68. The van der Waals surface area contributed by atoms with E-state index in [4.69, 9.17) is 4.79 Å². The zero-order valence-electron chi connectivity index (χ0n) is 13.6. The summed E-state index contributed by atoms with van der Waals surface area (Å²) in [6.45, 7) is 6.32. The maximum atomic E-state index is 12.6. The van der Waals surface area contributed by atoms with Crippen LogP contribution in [-0.2, 0) is 11.0 Å². The van der Waals surface area contributed by atoms with E-state index >= 15 is 0 Å². The lowest BCUT2D eigenvalue weighted by atomic mass is 9.86. The third-order valence-corrected chi connectivity index (χ3v) is 4.41. The number of alkyl halides is 3. The molecule has 23 heavy (non-hydrogen) atoms. The van der Waals surface area contributed by atoms with E-state index < -0.39 is 11.7 Å². The van der Waals surface area contributed by atoms with Crippen LogP contribution in [0.1, 0.15) is 50.2 Å². The van der Waals surface area contributed by atoms with Crippen molar-refractivity contribution >= 4 is 6.41 Å². The molecule has 1 aliphatic heterocycles. The number of hydrogen-bond acceptors (Lipinski definition) is 2. The summed E-state index contributed by atoms with van der Waals surface area (Å²) >= 11 is 0. The summed E-state index contributed by atoms with van der Waals surface area (Å²) in [6, 6.07) is 6.33. The highest BCUT2D eigenvalue weighted by molar-refractivity contribution is 5.42. The number of likely N-dealkylation sites (N-methyl/N-ethyl adjacent to an activating group) is 1. The number of nitrogens with two attached hydrogens (primary N) is 1. The number of carbonyl (C=O) groups excluding carboxylic acids is 1. The Hall–Kier alpha value is -1.56. The number of piperidine rings is 1. The fourth-order valence-corrected chi connectivity index (χ4v) is 3.17. The topological polar surface area (TPSA) is 46.3 Å². The van der Waals surface area contributed by atoms with Crippen LogP contribution in [0.25, 0.3) is 0 Å². The molecule has 0 spiro atoms. The third kappa shape index (κ3) is 5.53. The Morgan fingerprint density at radius 1 is 1.22 bits per heavy atom. The van der Waals surface area contributed by atoms with Crippen LogP contribution in [-0.4, -0.2) is 30.4 Å². The maximum absolute atomic E-state index is 12.6. The molecule has 1 aromatic rings. The molecule has 2 atom stereocenters. The van der Waals surface area contributed by atoms with Gasteiger partial charge >= 0.3 is 6.18 Å². The summed E-state index contributed by atoms with van der Waals surface area (Å²) in [4.78, 5) is 11.0. The van der Waals surface area contributed by atoms with E-state index in [1.807, 2.05) is 0 Å². The van der Waals surface area contributed by atoms with Crippen LogP contribution in [0.4, 0.5) is 13.2 Å². The lowest BCUT2D eigenvalue weighted by Crippen LogP contribution is -2.42. The fourth-order valence-electron chi connectivity index (χ4n) is 3.17. The Kier molecular flexibility index (Phi) is 7.55. The third-order valence-electron chi connectivity index (χ3n) is 4.41. The molecule has 0 radical (unpaired) electrons. The van der Waals surface area contributed by atoms with Crippen LogP contribution in [0.2, 0.25) is 0 Å². The van der Waals surface area contributed by atoms with E-state index in [0.29, 0.717) is 12.0 Å². The molecular formula is C17H25F3N2O. The lowest BCUT2D eigenvalue weighted by molar-refractivity contribution is -0.137. The number of carbonyl (C=O) groups is 1. The summed E-state index contributed by atoms with van der Waals surface area (Å²) in [6.07, 6.45) is -0.641. The molecule has 1 aliphatic rings. The maximum Gasteiger partial charge on any atom is 0.416 e. The molecule has 1 amide bonds. The minimum Gasteiger partial charge on any atom is -0.372 e. The van der Waals surface area contributed by atoms with Gasteiger partial charge in [0.2, 0.25) is 6.41 Å². The number of primary amides is 1. The molecule has 0 aliphatic carbocycles. The van der Waals surface area contributed by atoms with Crippen molar-refractivity contribution in [3.8, 4) is 0 Å². The van der Waals surface area contributed by atoms with Gasteiger partial charge in [-0.15, -0.1) is 0 Å². The molecule has 1 heterocycles. The molecular weight excluding hydrogens is 305 g/mol. The van der Waals surface area contributed by atoms with E-state index in [0.717, 1.165) is 37.9 Å². The van der Waals surface area contributed by atoms with E-state index in [9.17, 15) is 13.2 Å². The summed E-state index contributed by atoms with van der Waals surface area (Å²) in [5, 5.41) is 0. The summed E-state index contributed by atoms with van der Waals surface area (Å²) < 4.78 is 37.7. The molecule has 130 valence electrons. The monoisotopic (exact) mass is 330 g/mol. The largest absolute Gasteiger partial charge is 0.416 e. The highest BCUT2D eigenvalue weighted by Crippen LogP contribution is 2.34. The van der Waals surface area contributed by atoms with Gasteiger partial charge in [-0.1, -0.05) is 26.0 Å². The molecule has 2 unspecified atom stereocenters. The zero-order valence-corrected chi connectivity index (χ0v) is 13.6. The van der Waals surface area contributed by atoms with Crippen molar-refractivity contribution < 1.29 is 18.0 Å². The van der Waals surface area contributed by atoms with Crippen molar-refractivity contribution in [1.82, 2.24) is 4.90 Å². The minimum atomic E-state index is -4.24. The predicted molar refractivity (Wildman–Crippen MR) is 85.0 cm³/mol. The normalized spacial score (nSPS) is 22.1. The number of nitrogens with zero attached hydrogens (tertiary/aromatic N) is 1. The van der Waals surface area contributed by atoms with Gasteiger partial charge in [0, 0.05) is 12.6 Å². The zero-order chi connectivity index (χ0) is 17.5. The van der Waals surface area contributed by atoms with Crippen LogP contribution in [0.5, 0.6) is 0 Å². The van der Waals surface area contributed by atoms with Crippen molar-refractivity contribution in [2.75, 3.05) is 13.1 Å². The molecule has 2 N–H and O–H groups in total. The molecule has 0 aromatic heterocycles. The number of halogens is 3. The highest BCUT2D eigenvalue weighted by atomic mass is 19.4. The molecule has 0 saturated carbocycles. The smallest absolute Gasteiger partial charge is 0.372 e. The van der Waals surface area contributed by atoms with Gasteiger partial charge < -0.3 is 10.6 Å². The number of rotatable bonds is 3. The van der Waals surface area contributed by atoms with E-state index in [1.54, 1.807) is 12.1 Å². The molecule has 1 fully saturated rings. The molecule has 1 saturated heterocycles. The van der Waals surface area contributed by atoms with Crippen molar-refractivity contribution in [3.05, 3.63) is 35.4 Å². The summed E-state index contributed by atoms with van der Waals surface area (Å²) in [7, 11) is 0. The van der Waals surface area contributed by atoms with Crippen molar-refractivity contribution in [1.29, 1.82) is 0 Å². The first kappa shape index (κ1) is 19.5.